The van der Waals surface area contributed by atoms with E-state index in [-0.39, 0.29) is 17.3 Å². The summed E-state index contributed by atoms with van der Waals surface area (Å²) < 4.78 is 6.01. The third kappa shape index (κ3) is 3.04. The van der Waals surface area contributed by atoms with Crippen LogP contribution in [0.15, 0.2) is 23.5 Å². The van der Waals surface area contributed by atoms with Gasteiger partial charge in [0.1, 0.15) is 11.9 Å². The molecule has 2 nitrogen and oxygen atoms in total. The van der Waals surface area contributed by atoms with Crippen LogP contribution in [0.5, 0.6) is 0 Å². The zero-order chi connectivity index (χ0) is 13.2. The summed E-state index contributed by atoms with van der Waals surface area (Å²) in [6, 6.07) is 0. The number of ether oxygens (including phenoxy) is 1. The molecule has 0 aromatic rings. The number of carbonyl (C=O) groups excluding carboxylic acids is 1. The molecule has 0 aromatic heterocycles. The van der Waals surface area contributed by atoms with Gasteiger partial charge in [-0.15, -0.1) is 0 Å². The van der Waals surface area contributed by atoms with Crippen LogP contribution >= 0.6 is 0 Å². The van der Waals surface area contributed by atoms with Gasteiger partial charge in [0.15, 0.2) is 5.78 Å². The van der Waals surface area contributed by atoms with E-state index in [0.29, 0.717) is 6.42 Å². The molecule has 1 aliphatic heterocycles. The number of rotatable bonds is 4. The van der Waals surface area contributed by atoms with Gasteiger partial charge >= 0.3 is 0 Å². The van der Waals surface area contributed by atoms with Crippen molar-refractivity contribution in [1.29, 1.82) is 0 Å². The zero-order valence-electron chi connectivity index (χ0n) is 11.8. The first-order valence-electron chi connectivity index (χ1n) is 7.13. The van der Waals surface area contributed by atoms with Gasteiger partial charge in [-0.3, -0.25) is 4.79 Å². The Kier molecular flexibility index (Phi) is 3.94. The minimum Gasteiger partial charge on any atom is -0.490 e. The fourth-order valence-electron chi connectivity index (χ4n) is 2.75. The van der Waals surface area contributed by atoms with Crippen LogP contribution in [0.4, 0.5) is 0 Å². The highest BCUT2D eigenvalue weighted by molar-refractivity contribution is 6.00. The van der Waals surface area contributed by atoms with Gasteiger partial charge in [-0.2, -0.15) is 0 Å². The molecule has 18 heavy (non-hydrogen) atoms. The molecule has 2 rings (SSSR count). The summed E-state index contributed by atoms with van der Waals surface area (Å²) in [5, 5.41) is 0. The summed E-state index contributed by atoms with van der Waals surface area (Å²) in [7, 11) is 0. The van der Waals surface area contributed by atoms with E-state index in [2.05, 4.69) is 26.8 Å². The average Bonchev–Trinajstić information content (AvgIpc) is 2.27. The Hall–Kier alpha value is -1.05. The van der Waals surface area contributed by atoms with E-state index in [0.717, 1.165) is 24.2 Å². The van der Waals surface area contributed by atoms with Crippen LogP contribution in [-0.4, -0.2) is 11.9 Å². The number of ketones is 1. The molecule has 0 fully saturated rings. The molecule has 1 unspecified atom stereocenters. The first kappa shape index (κ1) is 13.4. The second-order valence-electron chi connectivity index (χ2n) is 6.29. The first-order valence-corrected chi connectivity index (χ1v) is 7.13. The largest absolute Gasteiger partial charge is 0.490 e. The van der Waals surface area contributed by atoms with Gasteiger partial charge in [0.05, 0.1) is 5.57 Å². The molecule has 0 aromatic carbocycles. The Morgan fingerprint density at radius 2 is 2.11 bits per heavy atom. The Morgan fingerprint density at radius 1 is 1.33 bits per heavy atom. The van der Waals surface area contributed by atoms with Crippen LogP contribution in [-0.2, 0) is 9.53 Å². The van der Waals surface area contributed by atoms with Crippen molar-refractivity contribution in [3.63, 3.8) is 0 Å². The van der Waals surface area contributed by atoms with Crippen molar-refractivity contribution in [1.82, 2.24) is 0 Å². The summed E-state index contributed by atoms with van der Waals surface area (Å²) in [6.45, 7) is 6.49. The van der Waals surface area contributed by atoms with Crippen LogP contribution in [0.25, 0.3) is 0 Å². The lowest BCUT2D eigenvalue weighted by Gasteiger charge is -2.34. The van der Waals surface area contributed by atoms with E-state index in [1.165, 1.54) is 19.3 Å². The molecule has 2 aliphatic rings. The molecule has 1 aliphatic carbocycles. The average molecular weight is 248 g/mol. The van der Waals surface area contributed by atoms with Gasteiger partial charge in [0.2, 0.25) is 0 Å². The summed E-state index contributed by atoms with van der Waals surface area (Å²) >= 11 is 0. The fourth-order valence-corrected chi connectivity index (χ4v) is 2.75. The van der Waals surface area contributed by atoms with Gasteiger partial charge in [-0.1, -0.05) is 33.6 Å². The highest BCUT2D eigenvalue weighted by Gasteiger charge is 2.35. The maximum Gasteiger partial charge on any atom is 0.166 e. The molecule has 0 N–H and O–H groups in total. The maximum absolute atomic E-state index is 12.0. The predicted octanol–water partition coefficient (Wildman–Crippen LogP) is 4.16. The highest BCUT2D eigenvalue weighted by Crippen LogP contribution is 2.40. The minimum atomic E-state index is 0.0507. The Bertz CT molecular complexity index is 388. The molecule has 2 heteroatoms. The normalized spacial score (nSPS) is 25.9. The van der Waals surface area contributed by atoms with Gasteiger partial charge in [-0.25, -0.2) is 0 Å². The van der Waals surface area contributed by atoms with Crippen molar-refractivity contribution in [2.45, 2.75) is 65.4 Å². The van der Waals surface area contributed by atoms with Crippen LogP contribution < -0.4 is 0 Å². The van der Waals surface area contributed by atoms with Crippen molar-refractivity contribution in [2.75, 3.05) is 0 Å². The van der Waals surface area contributed by atoms with Crippen molar-refractivity contribution in [2.24, 2.45) is 5.41 Å². The number of hydrogen-bond donors (Lipinski definition) is 0. The van der Waals surface area contributed by atoms with Gasteiger partial charge in [-0.05, 0) is 30.4 Å². The van der Waals surface area contributed by atoms with E-state index in [9.17, 15) is 4.79 Å². The highest BCUT2D eigenvalue weighted by atomic mass is 16.5. The van der Waals surface area contributed by atoms with Crippen LogP contribution in [0.2, 0.25) is 0 Å². The second kappa shape index (κ2) is 5.29. The molecule has 0 saturated carbocycles. The number of Topliss-reactive ketones (excluding diaryl/α,β-unsaturated/α-hetero) is 1. The molecular formula is C16H24O2. The standard InChI is InChI=1S/C16H24O2/c1-4-5-6-7-12-8-9-13-14(17)10-16(2,3)11-15(13)18-12/h8-9,12H,4-7,10-11H2,1-3H3. The molecular weight excluding hydrogens is 224 g/mol. The third-order valence-electron chi connectivity index (χ3n) is 3.74. The molecule has 100 valence electrons. The third-order valence-corrected chi connectivity index (χ3v) is 3.74. The lowest BCUT2D eigenvalue weighted by Crippen LogP contribution is -2.29. The summed E-state index contributed by atoms with van der Waals surface area (Å²) in [6.07, 6.45) is 10.5. The summed E-state index contributed by atoms with van der Waals surface area (Å²) in [5.41, 5.74) is 0.871. The molecule has 0 radical (unpaired) electrons. The van der Waals surface area contributed by atoms with Gasteiger partial charge in [0, 0.05) is 12.8 Å². The van der Waals surface area contributed by atoms with E-state index in [1.807, 2.05) is 6.08 Å². The van der Waals surface area contributed by atoms with Gasteiger partial charge < -0.3 is 4.74 Å². The van der Waals surface area contributed by atoms with Crippen LogP contribution in [0.1, 0.15) is 59.3 Å². The van der Waals surface area contributed by atoms with Gasteiger partial charge in [0.25, 0.3) is 0 Å². The number of allylic oxidation sites excluding steroid dienone is 3. The molecule has 0 bridgehead atoms. The SMILES string of the molecule is CCCCCC1C=CC2=C(CC(C)(C)CC2=O)O1. The minimum absolute atomic E-state index is 0.0507. The van der Waals surface area contributed by atoms with Crippen molar-refractivity contribution >= 4 is 5.78 Å². The number of hydrogen-bond acceptors (Lipinski definition) is 2. The predicted molar refractivity (Wildman–Crippen MR) is 73.2 cm³/mol. The van der Waals surface area contributed by atoms with Crippen LogP contribution in [0.3, 0.4) is 0 Å². The Labute approximate surface area is 110 Å². The van der Waals surface area contributed by atoms with E-state index in [4.69, 9.17) is 4.74 Å². The number of unbranched alkanes of at least 4 members (excludes halogenated alkanes) is 2. The maximum atomic E-state index is 12.0. The Balaban J connectivity index is 2.01. The fraction of sp³-hybridized carbons (Fsp3) is 0.688. The quantitative estimate of drug-likeness (QED) is 0.698. The molecule has 1 atom stereocenters. The Morgan fingerprint density at radius 3 is 2.83 bits per heavy atom. The summed E-state index contributed by atoms with van der Waals surface area (Å²) in [4.78, 5) is 12.0. The monoisotopic (exact) mass is 248 g/mol. The van der Waals surface area contributed by atoms with E-state index < -0.39 is 0 Å². The molecule has 1 heterocycles. The van der Waals surface area contributed by atoms with Crippen molar-refractivity contribution < 1.29 is 9.53 Å². The topological polar surface area (TPSA) is 26.3 Å². The van der Waals surface area contributed by atoms with Crippen molar-refractivity contribution in [3.8, 4) is 0 Å². The van der Waals surface area contributed by atoms with E-state index >= 15 is 0 Å². The number of carbonyl (C=O) groups is 1. The van der Waals surface area contributed by atoms with Crippen molar-refractivity contribution in [3.05, 3.63) is 23.5 Å². The lowest BCUT2D eigenvalue weighted by atomic mass is 9.76. The molecule has 0 spiro atoms. The lowest BCUT2D eigenvalue weighted by molar-refractivity contribution is -0.118. The zero-order valence-corrected chi connectivity index (χ0v) is 11.8. The summed E-state index contributed by atoms with van der Waals surface area (Å²) in [5.74, 6) is 1.17. The first-order chi connectivity index (χ1) is 8.52. The van der Waals surface area contributed by atoms with Crippen LogP contribution in [0, 0.1) is 5.41 Å². The van der Waals surface area contributed by atoms with E-state index in [1.54, 1.807) is 0 Å². The smallest absolute Gasteiger partial charge is 0.166 e. The second-order valence-corrected chi connectivity index (χ2v) is 6.29. The molecule has 0 amide bonds. The molecule has 0 saturated heterocycles.